The molecule has 0 radical (unpaired) electrons. The molecule has 1 aliphatic carbocycles. The Labute approximate surface area is 163 Å². The molecule has 150 valence electrons. The normalized spacial score (nSPS) is 22.9. The van der Waals surface area contributed by atoms with Gasteiger partial charge in [0, 0.05) is 25.6 Å². The highest BCUT2D eigenvalue weighted by molar-refractivity contribution is 7.89. The summed E-state index contributed by atoms with van der Waals surface area (Å²) in [6.45, 7) is 1.77. The van der Waals surface area contributed by atoms with Crippen LogP contribution < -0.4 is 5.32 Å². The second-order valence-corrected chi connectivity index (χ2v) is 9.89. The molecule has 0 aromatic heterocycles. The van der Waals surface area contributed by atoms with Gasteiger partial charge in [0.2, 0.25) is 15.9 Å². The third kappa shape index (κ3) is 5.55. The first-order chi connectivity index (χ1) is 13.1. The molecule has 6 heteroatoms. The molecule has 2 aliphatic rings. The minimum absolute atomic E-state index is 0.170. The molecule has 1 unspecified atom stereocenters. The summed E-state index contributed by atoms with van der Waals surface area (Å²) in [5.41, 5.74) is 0. The summed E-state index contributed by atoms with van der Waals surface area (Å²) < 4.78 is 27.0. The van der Waals surface area contributed by atoms with Crippen LogP contribution in [0.4, 0.5) is 0 Å². The Kier molecular flexibility index (Phi) is 7.30. The minimum atomic E-state index is -3.39. The number of hydrogen-bond donors (Lipinski definition) is 1. The van der Waals surface area contributed by atoms with E-state index >= 15 is 0 Å². The van der Waals surface area contributed by atoms with Crippen molar-refractivity contribution in [2.75, 3.05) is 19.6 Å². The van der Waals surface area contributed by atoms with E-state index < -0.39 is 10.0 Å². The number of nitrogens with one attached hydrogen (secondary N) is 1. The molecule has 1 aromatic carbocycles. The highest BCUT2D eigenvalue weighted by atomic mass is 32.2. The lowest BCUT2D eigenvalue weighted by Crippen LogP contribution is -2.33. The van der Waals surface area contributed by atoms with Gasteiger partial charge >= 0.3 is 0 Å². The van der Waals surface area contributed by atoms with E-state index in [1.807, 2.05) is 6.07 Å². The lowest BCUT2D eigenvalue weighted by Gasteiger charge is -2.20. The fraction of sp³-hybridized carbons (Fsp3) is 0.667. The zero-order valence-electron chi connectivity index (χ0n) is 16.1. The van der Waals surface area contributed by atoms with Gasteiger partial charge in [-0.05, 0) is 43.7 Å². The van der Waals surface area contributed by atoms with Crippen molar-refractivity contribution < 1.29 is 13.2 Å². The molecule has 3 rings (SSSR count). The first-order valence-corrected chi connectivity index (χ1v) is 11.8. The highest BCUT2D eigenvalue weighted by Gasteiger charge is 2.32. The lowest BCUT2D eigenvalue weighted by molar-refractivity contribution is -0.125. The van der Waals surface area contributed by atoms with Crippen LogP contribution in [0.1, 0.15) is 57.8 Å². The van der Waals surface area contributed by atoms with Crippen molar-refractivity contribution in [1.82, 2.24) is 9.62 Å². The second-order valence-electron chi connectivity index (χ2n) is 7.95. The summed E-state index contributed by atoms with van der Waals surface area (Å²) >= 11 is 0. The molecule has 5 nitrogen and oxygen atoms in total. The van der Waals surface area contributed by atoms with Crippen molar-refractivity contribution in [2.45, 2.75) is 62.7 Å². The number of amides is 1. The van der Waals surface area contributed by atoms with Crippen LogP contribution in [-0.4, -0.2) is 38.3 Å². The topological polar surface area (TPSA) is 66.5 Å². The summed E-state index contributed by atoms with van der Waals surface area (Å²) in [6.07, 6.45) is 9.86. The van der Waals surface area contributed by atoms with Crippen LogP contribution in [0.5, 0.6) is 0 Å². The first-order valence-electron chi connectivity index (χ1n) is 10.4. The molecule has 1 amide bonds. The zero-order chi connectivity index (χ0) is 19.1. The quantitative estimate of drug-likeness (QED) is 0.805. The number of sulfonamides is 1. The number of benzene rings is 1. The van der Waals surface area contributed by atoms with E-state index in [-0.39, 0.29) is 11.8 Å². The number of rotatable bonds is 6. The second kappa shape index (κ2) is 9.69. The van der Waals surface area contributed by atoms with Gasteiger partial charge in [-0.15, -0.1) is 0 Å². The molecule has 0 bridgehead atoms. The summed E-state index contributed by atoms with van der Waals surface area (Å²) in [6, 6.07) is 8.64. The molecular formula is C21H32N2O3S. The molecule has 2 fully saturated rings. The van der Waals surface area contributed by atoms with Crippen LogP contribution in [0.2, 0.25) is 0 Å². The van der Waals surface area contributed by atoms with Crippen LogP contribution in [0.25, 0.3) is 0 Å². The maximum atomic E-state index is 12.7. The van der Waals surface area contributed by atoms with Crippen molar-refractivity contribution in [3.63, 3.8) is 0 Å². The zero-order valence-corrected chi connectivity index (χ0v) is 16.9. The fourth-order valence-corrected chi connectivity index (χ4v) is 5.81. The standard InChI is InChI=1S/C21H32N2O3S/c24-21(19-9-5-2-1-3-6-10-19)22-15-13-18-14-16-23(17-18)27(25,26)20-11-7-4-8-12-20/h4,7-8,11-12,18-19H,1-3,5-6,9-10,13-17H2,(H,22,24). The number of hydrogen-bond acceptors (Lipinski definition) is 3. The van der Waals surface area contributed by atoms with E-state index in [4.69, 9.17) is 0 Å². The molecule has 1 N–H and O–H groups in total. The molecule has 0 spiro atoms. The molecule has 1 saturated heterocycles. The van der Waals surface area contributed by atoms with Gasteiger partial charge in [-0.1, -0.05) is 50.3 Å². The Morgan fingerprint density at radius 3 is 2.37 bits per heavy atom. The van der Waals surface area contributed by atoms with Crippen LogP contribution in [0, 0.1) is 11.8 Å². The van der Waals surface area contributed by atoms with Gasteiger partial charge < -0.3 is 5.32 Å². The van der Waals surface area contributed by atoms with E-state index in [1.54, 1.807) is 28.6 Å². The van der Waals surface area contributed by atoms with Crippen molar-refractivity contribution in [3.8, 4) is 0 Å². The molecule has 1 aromatic rings. The largest absolute Gasteiger partial charge is 0.356 e. The predicted octanol–water partition coefficient (Wildman–Crippen LogP) is 3.56. The third-order valence-corrected chi connectivity index (χ3v) is 7.84. The van der Waals surface area contributed by atoms with Crippen LogP contribution in [0.3, 0.4) is 0 Å². The van der Waals surface area contributed by atoms with Crippen LogP contribution >= 0.6 is 0 Å². The summed E-state index contributed by atoms with van der Waals surface area (Å²) in [7, 11) is -3.39. The molecule has 1 atom stereocenters. The number of carbonyl (C=O) groups excluding carboxylic acids is 1. The van der Waals surface area contributed by atoms with E-state index in [9.17, 15) is 13.2 Å². The fourth-order valence-electron chi connectivity index (χ4n) is 4.25. The average Bonchev–Trinajstić information content (AvgIpc) is 3.12. The van der Waals surface area contributed by atoms with Gasteiger partial charge in [-0.3, -0.25) is 4.79 Å². The first kappa shape index (κ1) is 20.3. The van der Waals surface area contributed by atoms with E-state index in [1.165, 1.54) is 19.3 Å². The lowest BCUT2D eigenvalue weighted by atomic mass is 9.90. The van der Waals surface area contributed by atoms with Crippen LogP contribution in [-0.2, 0) is 14.8 Å². The molecule has 1 heterocycles. The SMILES string of the molecule is O=C(NCCC1CCN(S(=O)(=O)c2ccccc2)C1)C1CCCCCCC1. The molecule has 1 saturated carbocycles. The van der Waals surface area contributed by atoms with Crippen molar-refractivity contribution in [2.24, 2.45) is 11.8 Å². The van der Waals surface area contributed by atoms with Crippen LogP contribution in [0.15, 0.2) is 35.2 Å². The summed E-state index contributed by atoms with van der Waals surface area (Å²) in [5.74, 6) is 0.689. The smallest absolute Gasteiger partial charge is 0.243 e. The van der Waals surface area contributed by atoms with Gasteiger partial charge in [0.15, 0.2) is 0 Å². The Hall–Kier alpha value is -1.40. The Morgan fingerprint density at radius 2 is 1.67 bits per heavy atom. The molecular weight excluding hydrogens is 360 g/mol. The number of carbonyl (C=O) groups is 1. The van der Waals surface area contributed by atoms with Gasteiger partial charge in [-0.25, -0.2) is 8.42 Å². The van der Waals surface area contributed by atoms with E-state index in [0.29, 0.717) is 30.4 Å². The Bertz CT molecular complexity index is 697. The Balaban J connectivity index is 1.43. The maximum Gasteiger partial charge on any atom is 0.243 e. The van der Waals surface area contributed by atoms with Crippen molar-refractivity contribution in [3.05, 3.63) is 30.3 Å². The summed E-state index contributed by atoms with van der Waals surface area (Å²) in [4.78, 5) is 12.8. The molecule has 27 heavy (non-hydrogen) atoms. The highest BCUT2D eigenvalue weighted by Crippen LogP contribution is 2.26. The maximum absolute atomic E-state index is 12.7. The summed E-state index contributed by atoms with van der Waals surface area (Å²) in [5, 5.41) is 3.11. The number of nitrogens with zero attached hydrogens (tertiary/aromatic N) is 1. The average molecular weight is 393 g/mol. The van der Waals surface area contributed by atoms with Crippen molar-refractivity contribution >= 4 is 15.9 Å². The van der Waals surface area contributed by atoms with Gasteiger partial charge in [0.25, 0.3) is 0 Å². The minimum Gasteiger partial charge on any atom is -0.356 e. The predicted molar refractivity (Wildman–Crippen MR) is 107 cm³/mol. The Morgan fingerprint density at radius 1 is 1.00 bits per heavy atom. The van der Waals surface area contributed by atoms with E-state index in [2.05, 4.69) is 5.32 Å². The van der Waals surface area contributed by atoms with Crippen molar-refractivity contribution in [1.29, 1.82) is 0 Å². The van der Waals surface area contributed by atoms with Gasteiger partial charge in [0.05, 0.1) is 4.90 Å². The van der Waals surface area contributed by atoms with E-state index in [0.717, 1.165) is 38.5 Å². The molecule has 1 aliphatic heterocycles. The van der Waals surface area contributed by atoms with Gasteiger partial charge in [0.1, 0.15) is 0 Å². The monoisotopic (exact) mass is 392 g/mol. The third-order valence-electron chi connectivity index (χ3n) is 5.96. The van der Waals surface area contributed by atoms with Gasteiger partial charge in [-0.2, -0.15) is 4.31 Å².